The molecule has 0 bridgehead atoms. The highest BCUT2D eigenvalue weighted by molar-refractivity contribution is 6.31. The Hall–Kier alpha value is -3.47. The number of nitrogens with two attached hydrogens (primary N) is 1. The smallest absolute Gasteiger partial charge is 0.119 e. The lowest BCUT2D eigenvalue weighted by Crippen LogP contribution is -2.16. The maximum Gasteiger partial charge on any atom is 0.119 e. The van der Waals surface area contributed by atoms with Crippen molar-refractivity contribution in [2.45, 2.75) is 45.3 Å². The van der Waals surface area contributed by atoms with Crippen LogP contribution in [-0.2, 0) is 6.61 Å². The van der Waals surface area contributed by atoms with Crippen LogP contribution in [0.5, 0.6) is 17.2 Å². The van der Waals surface area contributed by atoms with Gasteiger partial charge in [0.25, 0.3) is 0 Å². The molecule has 0 aliphatic carbocycles. The Labute approximate surface area is 237 Å². The van der Waals surface area contributed by atoms with Crippen molar-refractivity contribution in [3.8, 4) is 17.2 Å². The van der Waals surface area contributed by atoms with Crippen LogP contribution < -0.4 is 19.9 Å². The maximum atomic E-state index is 6.78. The molecule has 4 nitrogen and oxygen atoms in total. The minimum absolute atomic E-state index is 0.0345. The van der Waals surface area contributed by atoms with Crippen molar-refractivity contribution in [2.24, 2.45) is 11.7 Å². The molecule has 4 aromatic carbocycles. The molecule has 4 aromatic rings. The highest BCUT2D eigenvalue weighted by Crippen LogP contribution is 2.39. The molecule has 0 aliphatic heterocycles. The fraction of sp³-hybridized carbons (Fsp3) is 0.294. The van der Waals surface area contributed by atoms with Gasteiger partial charge in [-0.2, -0.15) is 0 Å². The number of halogens is 1. The summed E-state index contributed by atoms with van der Waals surface area (Å²) in [7, 11) is 1.66. The van der Waals surface area contributed by atoms with Crippen molar-refractivity contribution in [3.63, 3.8) is 0 Å². The van der Waals surface area contributed by atoms with Gasteiger partial charge in [-0.25, -0.2) is 0 Å². The van der Waals surface area contributed by atoms with Gasteiger partial charge in [-0.05, 0) is 83.5 Å². The lowest BCUT2D eigenvalue weighted by atomic mass is 9.84. The van der Waals surface area contributed by atoms with Gasteiger partial charge in [-0.15, -0.1) is 0 Å². The zero-order chi connectivity index (χ0) is 27.6. The molecule has 0 spiro atoms. The minimum Gasteiger partial charge on any atom is -0.497 e. The molecule has 204 valence electrons. The predicted molar refractivity (Wildman–Crippen MR) is 160 cm³/mol. The molecule has 0 radical (unpaired) electrons. The van der Waals surface area contributed by atoms with Crippen LogP contribution in [0.25, 0.3) is 0 Å². The molecular weight excluding hydrogens is 506 g/mol. The van der Waals surface area contributed by atoms with E-state index in [2.05, 4.69) is 50.2 Å². The van der Waals surface area contributed by atoms with Gasteiger partial charge in [0.2, 0.25) is 0 Å². The fourth-order valence-corrected chi connectivity index (χ4v) is 4.76. The Balaban J connectivity index is 1.53. The molecule has 0 aromatic heterocycles. The number of ether oxygens (including phenoxy) is 3. The summed E-state index contributed by atoms with van der Waals surface area (Å²) in [6, 6.07) is 32.0. The lowest BCUT2D eigenvalue weighted by molar-refractivity contribution is 0.289. The van der Waals surface area contributed by atoms with E-state index >= 15 is 0 Å². The van der Waals surface area contributed by atoms with Crippen molar-refractivity contribution < 1.29 is 14.2 Å². The fourth-order valence-electron chi connectivity index (χ4n) is 4.51. The van der Waals surface area contributed by atoms with E-state index in [9.17, 15) is 0 Å². The molecule has 0 heterocycles. The first-order chi connectivity index (χ1) is 18.9. The summed E-state index contributed by atoms with van der Waals surface area (Å²) in [5, 5.41) is 0.686. The number of rotatable bonds is 13. The number of methoxy groups -OCH3 is 1. The number of hydrogen-bond donors (Lipinski definition) is 1. The van der Waals surface area contributed by atoms with E-state index < -0.39 is 0 Å². The zero-order valence-electron chi connectivity index (χ0n) is 23.0. The van der Waals surface area contributed by atoms with E-state index in [0.717, 1.165) is 45.9 Å². The third-order valence-electron chi connectivity index (χ3n) is 6.87. The third-order valence-corrected chi connectivity index (χ3v) is 7.22. The van der Waals surface area contributed by atoms with Gasteiger partial charge in [0.15, 0.2) is 0 Å². The predicted octanol–water partition coefficient (Wildman–Crippen LogP) is 8.57. The lowest BCUT2D eigenvalue weighted by Gasteiger charge is -2.24. The summed E-state index contributed by atoms with van der Waals surface area (Å²) in [5.41, 5.74) is 11.1. The SMILES string of the molecule is COc1ccc(Cl)c(C(CC(N)c2ccc(OCCC(C)C)cc2)c2ccc(OCc3ccccc3)cc2)c1. The van der Waals surface area contributed by atoms with Gasteiger partial charge in [-0.3, -0.25) is 0 Å². The highest BCUT2D eigenvalue weighted by atomic mass is 35.5. The average Bonchev–Trinajstić information content (AvgIpc) is 2.96. The van der Waals surface area contributed by atoms with Gasteiger partial charge >= 0.3 is 0 Å². The van der Waals surface area contributed by atoms with E-state index in [0.29, 0.717) is 30.6 Å². The van der Waals surface area contributed by atoms with E-state index in [4.69, 9.17) is 31.5 Å². The first-order valence-electron chi connectivity index (χ1n) is 13.5. The molecule has 5 heteroatoms. The average molecular weight is 544 g/mol. The van der Waals surface area contributed by atoms with Gasteiger partial charge in [-0.1, -0.05) is 80.0 Å². The summed E-state index contributed by atoms with van der Waals surface area (Å²) < 4.78 is 17.4. The standard InChI is InChI=1S/C34H38ClNO3/c1-24(2)19-20-38-28-15-11-27(12-16-28)34(36)22-31(32-21-30(37-3)17-18-33(32)35)26-9-13-29(14-10-26)39-23-25-7-5-4-6-8-25/h4-18,21,24,31,34H,19-20,22-23,36H2,1-3H3. The van der Waals surface area contributed by atoms with Crippen LogP contribution in [0.4, 0.5) is 0 Å². The van der Waals surface area contributed by atoms with Crippen LogP contribution in [0.3, 0.4) is 0 Å². The topological polar surface area (TPSA) is 53.7 Å². The Kier molecular flexibility index (Phi) is 10.3. The van der Waals surface area contributed by atoms with Crippen LogP contribution in [0.15, 0.2) is 97.1 Å². The van der Waals surface area contributed by atoms with Crippen molar-refractivity contribution in [1.29, 1.82) is 0 Å². The molecule has 0 aliphatic rings. The molecular formula is C34H38ClNO3. The quantitative estimate of drug-likeness (QED) is 0.183. The van der Waals surface area contributed by atoms with Gasteiger partial charge in [0, 0.05) is 17.0 Å². The second-order valence-corrected chi connectivity index (χ2v) is 10.6. The van der Waals surface area contributed by atoms with Crippen LogP contribution in [0.2, 0.25) is 5.02 Å². The monoisotopic (exact) mass is 543 g/mol. The van der Waals surface area contributed by atoms with E-state index in [1.807, 2.05) is 60.7 Å². The maximum absolute atomic E-state index is 6.78. The molecule has 2 unspecified atom stereocenters. The van der Waals surface area contributed by atoms with Gasteiger partial charge < -0.3 is 19.9 Å². The zero-order valence-corrected chi connectivity index (χ0v) is 23.7. The minimum atomic E-state index is -0.198. The molecule has 4 rings (SSSR count). The van der Waals surface area contributed by atoms with Crippen molar-refractivity contribution in [1.82, 2.24) is 0 Å². The van der Waals surface area contributed by atoms with Crippen LogP contribution >= 0.6 is 11.6 Å². The first-order valence-corrected chi connectivity index (χ1v) is 13.9. The number of hydrogen-bond acceptors (Lipinski definition) is 4. The summed E-state index contributed by atoms with van der Waals surface area (Å²) in [6.07, 6.45) is 1.70. The molecule has 0 fully saturated rings. The third kappa shape index (κ3) is 8.26. The molecule has 0 amide bonds. The molecule has 39 heavy (non-hydrogen) atoms. The van der Waals surface area contributed by atoms with Crippen LogP contribution in [0.1, 0.15) is 60.9 Å². The highest BCUT2D eigenvalue weighted by Gasteiger charge is 2.22. The van der Waals surface area contributed by atoms with Crippen LogP contribution in [0, 0.1) is 5.92 Å². The normalized spacial score (nSPS) is 12.7. The Morgan fingerprint density at radius 1 is 0.744 bits per heavy atom. The Bertz CT molecular complexity index is 1290. The Morgan fingerprint density at radius 2 is 1.36 bits per heavy atom. The largest absolute Gasteiger partial charge is 0.497 e. The second-order valence-electron chi connectivity index (χ2n) is 10.2. The molecule has 2 N–H and O–H groups in total. The Morgan fingerprint density at radius 3 is 2.00 bits per heavy atom. The number of benzene rings is 4. The van der Waals surface area contributed by atoms with E-state index in [-0.39, 0.29) is 12.0 Å². The van der Waals surface area contributed by atoms with Crippen molar-refractivity contribution >= 4 is 11.6 Å². The molecule has 0 saturated carbocycles. The van der Waals surface area contributed by atoms with E-state index in [1.54, 1.807) is 7.11 Å². The van der Waals surface area contributed by atoms with Crippen LogP contribution in [-0.4, -0.2) is 13.7 Å². The summed E-state index contributed by atoms with van der Waals surface area (Å²) >= 11 is 6.73. The van der Waals surface area contributed by atoms with Gasteiger partial charge in [0.05, 0.1) is 13.7 Å². The van der Waals surface area contributed by atoms with Gasteiger partial charge in [0.1, 0.15) is 23.9 Å². The summed E-state index contributed by atoms with van der Waals surface area (Å²) in [4.78, 5) is 0. The van der Waals surface area contributed by atoms with Crippen molar-refractivity contribution in [3.05, 3.63) is 124 Å². The molecule has 2 atom stereocenters. The van der Waals surface area contributed by atoms with E-state index in [1.165, 1.54) is 0 Å². The first kappa shape index (κ1) is 28.5. The second kappa shape index (κ2) is 14.1. The summed E-state index contributed by atoms with van der Waals surface area (Å²) in [6.45, 7) is 5.63. The summed E-state index contributed by atoms with van der Waals surface area (Å²) in [5.74, 6) is 3.02. The molecule has 0 saturated heterocycles. The van der Waals surface area contributed by atoms with Crippen molar-refractivity contribution in [2.75, 3.05) is 13.7 Å².